The van der Waals surface area contributed by atoms with E-state index in [1.807, 2.05) is 0 Å². The number of carbonyl (C=O) groups excluding carboxylic acids is 1. The molecule has 0 atom stereocenters. The summed E-state index contributed by atoms with van der Waals surface area (Å²) in [6.07, 6.45) is 0. The van der Waals surface area contributed by atoms with Crippen LogP contribution in [0, 0.1) is 10.1 Å². The summed E-state index contributed by atoms with van der Waals surface area (Å²) < 4.78 is 5.99. The third-order valence-corrected chi connectivity index (χ3v) is 3.83. The van der Waals surface area contributed by atoms with Crippen LogP contribution in [0.4, 0.5) is 5.69 Å². The Morgan fingerprint density at radius 1 is 1.24 bits per heavy atom. The highest BCUT2D eigenvalue weighted by Gasteiger charge is 2.15. The maximum atomic E-state index is 11.2. The number of carbonyl (C=O) groups is 1. The molecule has 0 aliphatic rings. The Hall–Kier alpha value is -2.21. The molecule has 5 nitrogen and oxygen atoms in total. The first-order valence-corrected chi connectivity index (χ1v) is 6.94. The van der Waals surface area contributed by atoms with E-state index >= 15 is 0 Å². The van der Waals surface area contributed by atoms with Crippen molar-refractivity contribution < 1.29 is 14.5 Å². The Bertz CT molecular complexity index is 683. The van der Waals surface area contributed by atoms with E-state index in [4.69, 9.17) is 4.74 Å². The molecule has 0 amide bonds. The normalized spacial score (nSPS) is 10.2. The van der Waals surface area contributed by atoms with Crippen molar-refractivity contribution in [2.75, 3.05) is 0 Å². The summed E-state index contributed by atoms with van der Waals surface area (Å²) in [4.78, 5) is 21.6. The van der Waals surface area contributed by atoms with Gasteiger partial charge in [-0.05, 0) is 47.1 Å². The van der Waals surface area contributed by atoms with Crippen molar-refractivity contribution >= 4 is 27.4 Å². The SMILES string of the molecule is CC(=O)c1ccc(OCc2cccc([N+](=O)[O-])c2Br)cc1. The minimum atomic E-state index is -0.449. The number of benzene rings is 2. The van der Waals surface area contributed by atoms with Crippen LogP contribution in [0.25, 0.3) is 0 Å². The zero-order chi connectivity index (χ0) is 15.4. The summed E-state index contributed by atoms with van der Waals surface area (Å²) in [5.74, 6) is 0.585. The molecule has 0 aliphatic carbocycles. The molecule has 21 heavy (non-hydrogen) atoms. The smallest absolute Gasteiger partial charge is 0.283 e. The number of nitro groups is 1. The average Bonchev–Trinajstić information content (AvgIpc) is 2.46. The molecule has 0 bridgehead atoms. The van der Waals surface area contributed by atoms with Gasteiger partial charge in [0.05, 0.1) is 4.92 Å². The Balaban J connectivity index is 2.11. The van der Waals surface area contributed by atoms with Crippen LogP contribution in [0.5, 0.6) is 5.75 Å². The van der Waals surface area contributed by atoms with Gasteiger partial charge in [0.2, 0.25) is 0 Å². The topological polar surface area (TPSA) is 69.4 Å². The molecule has 2 rings (SSSR count). The number of halogens is 1. The highest BCUT2D eigenvalue weighted by Crippen LogP contribution is 2.29. The first-order valence-electron chi connectivity index (χ1n) is 6.14. The van der Waals surface area contributed by atoms with Gasteiger partial charge in [-0.25, -0.2) is 0 Å². The Labute approximate surface area is 129 Å². The van der Waals surface area contributed by atoms with Crippen LogP contribution in [-0.2, 0) is 6.61 Å². The van der Waals surface area contributed by atoms with Gasteiger partial charge in [0.15, 0.2) is 5.78 Å². The van der Waals surface area contributed by atoms with E-state index < -0.39 is 4.92 Å². The third kappa shape index (κ3) is 3.66. The molecule has 0 saturated heterocycles. The first-order chi connectivity index (χ1) is 9.99. The Kier molecular flexibility index (Phi) is 4.70. The number of nitrogens with zero attached hydrogens (tertiary/aromatic N) is 1. The minimum Gasteiger partial charge on any atom is -0.489 e. The number of ketones is 1. The van der Waals surface area contributed by atoms with Crippen LogP contribution < -0.4 is 4.74 Å². The lowest BCUT2D eigenvalue weighted by Crippen LogP contribution is -1.99. The fraction of sp³-hybridized carbons (Fsp3) is 0.133. The molecule has 0 saturated carbocycles. The Morgan fingerprint density at radius 3 is 2.48 bits per heavy atom. The lowest BCUT2D eigenvalue weighted by atomic mass is 10.1. The van der Waals surface area contributed by atoms with Crippen molar-refractivity contribution in [3.05, 3.63) is 68.2 Å². The molecule has 2 aromatic carbocycles. The zero-order valence-corrected chi connectivity index (χ0v) is 12.8. The van der Waals surface area contributed by atoms with Gasteiger partial charge >= 0.3 is 0 Å². The van der Waals surface area contributed by atoms with Gasteiger partial charge in [-0.3, -0.25) is 14.9 Å². The minimum absolute atomic E-state index is 0.00280. The molecule has 108 valence electrons. The van der Waals surface area contributed by atoms with Gasteiger partial charge in [-0.15, -0.1) is 0 Å². The van der Waals surface area contributed by atoms with Gasteiger partial charge in [-0.1, -0.05) is 12.1 Å². The fourth-order valence-corrected chi connectivity index (χ4v) is 2.29. The number of nitro benzene ring substituents is 1. The summed E-state index contributed by atoms with van der Waals surface area (Å²) in [5.41, 5.74) is 1.29. The second-order valence-electron chi connectivity index (χ2n) is 4.38. The monoisotopic (exact) mass is 349 g/mol. The van der Waals surface area contributed by atoms with Crippen LogP contribution >= 0.6 is 15.9 Å². The molecule has 0 heterocycles. The molecule has 0 unspecified atom stereocenters. The molecule has 6 heteroatoms. The lowest BCUT2D eigenvalue weighted by Gasteiger charge is -2.08. The summed E-state index contributed by atoms with van der Waals surface area (Å²) >= 11 is 3.22. The molecule has 0 radical (unpaired) electrons. The maximum absolute atomic E-state index is 11.2. The number of hydrogen-bond acceptors (Lipinski definition) is 4. The molecule has 0 aliphatic heterocycles. The third-order valence-electron chi connectivity index (χ3n) is 2.91. The van der Waals surface area contributed by atoms with Crippen LogP contribution in [0.2, 0.25) is 0 Å². The van der Waals surface area contributed by atoms with E-state index in [2.05, 4.69) is 15.9 Å². The highest BCUT2D eigenvalue weighted by molar-refractivity contribution is 9.10. The number of hydrogen-bond donors (Lipinski definition) is 0. The molecular formula is C15H12BrNO4. The van der Waals surface area contributed by atoms with E-state index in [0.717, 1.165) is 0 Å². The van der Waals surface area contributed by atoms with Crippen molar-refractivity contribution in [3.8, 4) is 5.75 Å². The fourth-order valence-electron chi connectivity index (χ4n) is 1.77. The number of Topliss-reactive ketones (excluding diaryl/α,β-unsaturated/α-hetero) is 1. The summed E-state index contributed by atoms with van der Waals surface area (Å²) in [6, 6.07) is 11.5. The summed E-state index contributed by atoms with van der Waals surface area (Å²) in [6.45, 7) is 1.69. The van der Waals surface area contributed by atoms with E-state index in [1.165, 1.54) is 13.0 Å². The quantitative estimate of drug-likeness (QED) is 0.462. The van der Waals surface area contributed by atoms with Gasteiger partial charge < -0.3 is 4.74 Å². The molecular weight excluding hydrogens is 338 g/mol. The average molecular weight is 350 g/mol. The van der Waals surface area contributed by atoms with Crippen molar-refractivity contribution in [1.29, 1.82) is 0 Å². The van der Waals surface area contributed by atoms with Crippen LogP contribution in [0.3, 0.4) is 0 Å². The second-order valence-corrected chi connectivity index (χ2v) is 5.17. The van der Waals surface area contributed by atoms with E-state index in [1.54, 1.807) is 36.4 Å². The zero-order valence-electron chi connectivity index (χ0n) is 11.2. The van der Waals surface area contributed by atoms with Gasteiger partial charge in [0.25, 0.3) is 5.69 Å². The van der Waals surface area contributed by atoms with E-state index in [9.17, 15) is 14.9 Å². The molecule has 0 N–H and O–H groups in total. The molecule has 2 aromatic rings. The van der Waals surface area contributed by atoms with Gasteiger partial charge in [-0.2, -0.15) is 0 Å². The van der Waals surface area contributed by atoms with E-state index in [-0.39, 0.29) is 18.1 Å². The van der Waals surface area contributed by atoms with Crippen LogP contribution in [-0.4, -0.2) is 10.7 Å². The van der Waals surface area contributed by atoms with Gasteiger partial charge in [0.1, 0.15) is 16.8 Å². The van der Waals surface area contributed by atoms with Crippen LogP contribution in [0.15, 0.2) is 46.9 Å². The second kappa shape index (κ2) is 6.49. The number of rotatable bonds is 5. The summed E-state index contributed by atoms with van der Waals surface area (Å²) in [5, 5.41) is 10.9. The first kappa shape index (κ1) is 15.2. The van der Waals surface area contributed by atoms with E-state index in [0.29, 0.717) is 21.3 Å². The lowest BCUT2D eigenvalue weighted by molar-refractivity contribution is -0.385. The maximum Gasteiger partial charge on any atom is 0.283 e. The summed E-state index contributed by atoms with van der Waals surface area (Å²) in [7, 11) is 0. The van der Waals surface area contributed by atoms with Crippen molar-refractivity contribution in [2.45, 2.75) is 13.5 Å². The van der Waals surface area contributed by atoms with Crippen molar-refractivity contribution in [3.63, 3.8) is 0 Å². The predicted molar refractivity (Wildman–Crippen MR) is 81.6 cm³/mol. The largest absolute Gasteiger partial charge is 0.489 e. The predicted octanol–water partition coefficient (Wildman–Crippen LogP) is 4.14. The molecule has 0 spiro atoms. The van der Waals surface area contributed by atoms with Crippen LogP contribution in [0.1, 0.15) is 22.8 Å². The van der Waals surface area contributed by atoms with Crippen molar-refractivity contribution in [2.24, 2.45) is 0 Å². The number of ether oxygens (including phenoxy) is 1. The van der Waals surface area contributed by atoms with Crippen molar-refractivity contribution in [1.82, 2.24) is 0 Å². The standard InChI is InChI=1S/C15H12BrNO4/c1-10(18)11-5-7-13(8-6-11)21-9-12-3-2-4-14(15(12)16)17(19)20/h2-8H,9H2,1H3. The molecule has 0 aromatic heterocycles. The Morgan fingerprint density at radius 2 is 1.90 bits per heavy atom. The van der Waals surface area contributed by atoms with Gasteiger partial charge in [0, 0.05) is 17.2 Å². The highest BCUT2D eigenvalue weighted by atomic mass is 79.9. The molecule has 0 fully saturated rings.